The Morgan fingerprint density at radius 2 is 1.54 bits per heavy atom. The van der Waals surface area contributed by atoms with Crippen LogP contribution >= 0.6 is 0 Å². The van der Waals surface area contributed by atoms with Gasteiger partial charge < -0.3 is 5.11 Å². The van der Waals surface area contributed by atoms with Crippen LogP contribution in [-0.4, -0.2) is 17.9 Å². The summed E-state index contributed by atoms with van der Waals surface area (Å²) in [6, 6.07) is 16.6. The Bertz CT molecular complexity index is 987. The molecule has 24 heavy (non-hydrogen) atoms. The van der Waals surface area contributed by atoms with E-state index < -0.39 is 5.60 Å². The number of aryl methyl sites for hydroxylation is 3. The Morgan fingerprint density at radius 1 is 0.917 bits per heavy atom. The second-order valence-electron chi connectivity index (χ2n) is 6.77. The second-order valence-corrected chi connectivity index (χ2v) is 6.77. The van der Waals surface area contributed by atoms with Gasteiger partial charge in [-0.15, -0.1) is 0 Å². The first kappa shape index (κ1) is 15.1. The Hall–Kier alpha value is -2.45. The molecule has 1 N–H and O–H groups in total. The van der Waals surface area contributed by atoms with Crippen molar-refractivity contribution in [2.45, 2.75) is 26.4 Å². The first-order chi connectivity index (χ1) is 11.5. The number of aliphatic imine (C=N–C) groups is 1. The van der Waals surface area contributed by atoms with Crippen LogP contribution in [0.15, 0.2) is 53.5 Å². The third-order valence-electron chi connectivity index (χ3n) is 5.15. The molecule has 0 fully saturated rings. The summed E-state index contributed by atoms with van der Waals surface area (Å²) >= 11 is 0. The summed E-state index contributed by atoms with van der Waals surface area (Å²) in [5, 5.41) is 14.2. The predicted octanol–water partition coefficient (Wildman–Crippen LogP) is 4.43. The van der Waals surface area contributed by atoms with Gasteiger partial charge in [-0.05, 0) is 42.7 Å². The SMILES string of the molecule is C/N=C1\c2cccc3cccc(c23)C1(O)c1c(C)cc(C)cc1C. The van der Waals surface area contributed by atoms with Gasteiger partial charge in [0.2, 0.25) is 0 Å². The van der Waals surface area contributed by atoms with E-state index in [1.807, 2.05) is 18.2 Å². The van der Waals surface area contributed by atoms with E-state index in [0.29, 0.717) is 0 Å². The van der Waals surface area contributed by atoms with Gasteiger partial charge in [-0.25, -0.2) is 0 Å². The monoisotopic (exact) mass is 315 g/mol. The van der Waals surface area contributed by atoms with E-state index in [1.54, 1.807) is 7.05 Å². The molecule has 4 rings (SSSR count). The van der Waals surface area contributed by atoms with Crippen LogP contribution in [0.4, 0.5) is 0 Å². The first-order valence-corrected chi connectivity index (χ1v) is 8.29. The highest BCUT2D eigenvalue weighted by Gasteiger charge is 2.46. The van der Waals surface area contributed by atoms with Crippen molar-refractivity contribution < 1.29 is 5.11 Å². The molecule has 0 saturated carbocycles. The molecule has 0 aliphatic heterocycles. The number of benzene rings is 3. The number of nitrogens with zero attached hydrogens (tertiary/aromatic N) is 1. The van der Waals surface area contributed by atoms with Crippen LogP contribution in [0.25, 0.3) is 10.8 Å². The molecular weight excluding hydrogens is 294 g/mol. The van der Waals surface area contributed by atoms with Gasteiger partial charge in [0.05, 0.1) is 5.71 Å². The summed E-state index contributed by atoms with van der Waals surface area (Å²) < 4.78 is 0. The third kappa shape index (κ3) is 1.78. The van der Waals surface area contributed by atoms with Gasteiger partial charge in [-0.3, -0.25) is 4.99 Å². The van der Waals surface area contributed by atoms with Gasteiger partial charge in [-0.1, -0.05) is 54.1 Å². The largest absolute Gasteiger partial charge is 0.374 e. The maximum absolute atomic E-state index is 12.0. The maximum Gasteiger partial charge on any atom is 0.158 e. The van der Waals surface area contributed by atoms with Crippen molar-refractivity contribution in [1.29, 1.82) is 0 Å². The molecule has 0 saturated heterocycles. The molecule has 0 heterocycles. The maximum atomic E-state index is 12.0. The van der Waals surface area contributed by atoms with Crippen LogP contribution < -0.4 is 0 Å². The molecule has 0 bridgehead atoms. The van der Waals surface area contributed by atoms with Crippen LogP contribution in [0, 0.1) is 20.8 Å². The molecule has 3 aromatic rings. The fourth-order valence-electron chi connectivity index (χ4n) is 4.45. The lowest BCUT2D eigenvalue weighted by atomic mass is 9.80. The van der Waals surface area contributed by atoms with Crippen molar-refractivity contribution in [3.05, 3.63) is 81.9 Å². The van der Waals surface area contributed by atoms with Crippen LogP contribution in [0.5, 0.6) is 0 Å². The van der Waals surface area contributed by atoms with Crippen molar-refractivity contribution in [3.63, 3.8) is 0 Å². The normalized spacial score (nSPS) is 21.0. The van der Waals surface area contributed by atoms with E-state index >= 15 is 0 Å². The lowest BCUT2D eigenvalue weighted by Gasteiger charge is -2.30. The summed E-state index contributed by atoms with van der Waals surface area (Å²) in [7, 11) is 1.77. The number of hydrogen-bond acceptors (Lipinski definition) is 2. The van der Waals surface area contributed by atoms with Crippen LogP contribution in [0.1, 0.15) is 33.4 Å². The fraction of sp³-hybridized carbons (Fsp3) is 0.227. The molecule has 0 radical (unpaired) electrons. The summed E-state index contributed by atoms with van der Waals surface area (Å²) in [5.74, 6) is 0. The van der Waals surface area contributed by atoms with Gasteiger partial charge in [0.15, 0.2) is 5.60 Å². The average Bonchev–Trinajstić information content (AvgIpc) is 2.78. The summed E-state index contributed by atoms with van der Waals surface area (Å²) in [5.41, 5.74) is 5.88. The molecule has 0 aromatic heterocycles. The van der Waals surface area contributed by atoms with E-state index in [9.17, 15) is 5.11 Å². The van der Waals surface area contributed by atoms with Crippen LogP contribution in [-0.2, 0) is 5.60 Å². The highest BCUT2D eigenvalue weighted by Crippen LogP contribution is 2.47. The number of aliphatic hydroxyl groups is 1. The summed E-state index contributed by atoms with van der Waals surface area (Å²) in [6.45, 7) is 6.24. The van der Waals surface area contributed by atoms with E-state index in [-0.39, 0.29) is 0 Å². The Labute approximate surface area is 142 Å². The smallest absolute Gasteiger partial charge is 0.158 e. The minimum atomic E-state index is -1.19. The van der Waals surface area contributed by atoms with E-state index in [2.05, 4.69) is 56.1 Å². The van der Waals surface area contributed by atoms with Gasteiger partial charge in [0, 0.05) is 23.7 Å². The van der Waals surface area contributed by atoms with Gasteiger partial charge in [-0.2, -0.15) is 0 Å². The third-order valence-corrected chi connectivity index (χ3v) is 5.15. The van der Waals surface area contributed by atoms with Gasteiger partial charge in [0.1, 0.15) is 0 Å². The Balaban J connectivity index is 2.16. The summed E-state index contributed by atoms with van der Waals surface area (Å²) in [6.07, 6.45) is 0. The molecule has 2 heteroatoms. The van der Waals surface area contributed by atoms with Gasteiger partial charge >= 0.3 is 0 Å². The highest BCUT2D eigenvalue weighted by molar-refractivity contribution is 6.23. The lowest BCUT2D eigenvalue weighted by molar-refractivity contribution is 0.159. The molecule has 1 unspecified atom stereocenters. The molecule has 1 aliphatic carbocycles. The quantitative estimate of drug-likeness (QED) is 0.708. The minimum Gasteiger partial charge on any atom is -0.374 e. The van der Waals surface area contributed by atoms with Crippen molar-refractivity contribution in [2.75, 3.05) is 7.05 Å². The standard InChI is InChI=1S/C22H21NO/c1-13-11-14(2)20(15(3)12-13)22(24)18-10-6-8-16-7-5-9-17(19(16)18)21(22)23-4/h5-12,24H,1-4H3/b23-21+. The van der Waals surface area contributed by atoms with E-state index in [4.69, 9.17) is 0 Å². The molecule has 1 aliphatic rings. The zero-order valence-electron chi connectivity index (χ0n) is 14.5. The minimum absolute atomic E-state index is 0.740. The van der Waals surface area contributed by atoms with Crippen molar-refractivity contribution >= 4 is 16.5 Å². The van der Waals surface area contributed by atoms with Crippen LogP contribution in [0.2, 0.25) is 0 Å². The van der Waals surface area contributed by atoms with Crippen molar-refractivity contribution in [3.8, 4) is 0 Å². The molecule has 3 aromatic carbocycles. The second kappa shape index (κ2) is 5.02. The molecular formula is C22H21NO. The molecule has 0 amide bonds. The average molecular weight is 315 g/mol. The van der Waals surface area contributed by atoms with E-state index in [1.165, 1.54) is 5.56 Å². The molecule has 120 valence electrons. The Kier molecular flexibility index (Phi) is 3.16. The zero-order chi connectivity index (χ0) is 17.1. The van der Waals surface area contributed by atoms with Crippen molar-refractivity contribution in [1.82, 2.24) is 0 Å². The Morgan fingerprint density at radius 3 is 2.17 bits per heavy atom. The molecule has 1 atom stereocenters. The summed E-state index contributed by atoms with van der Waals surface area (Å²) in [4.78, 5) is 4.53. The topological polar surface area (TPSA) is 32.6 Å². The van der Waals surface area contributed by atoms with Crippen LogP contribution in [0.3, 0.4) is 0 Å². The first-order valence-electron chi connectivity index (χ1n) is 8.29. The predicted molar refractivity (Wildman–Crippen MR) is 100 cm³/mol. The van der Waals surface area contributed by atoms with E-state index in [0.717, 1.165) is 44.3 Å². The highest BCUT2D eigenvalue weighted by atomic mass is 16.3. The fourth-order valence-corrected chi connectivity index (χ4v) is 4.45. The number of rotatable bonds is 1. The number of hydrogen-bond donors (Lipinski definition) is 1. The lowest BCUT2D eigenvalue weighted by Crippen LogP contribution is -2.35. The zero-order valence-corrected chi connectivity index (χ0v) is 14.5. The molecule has 2 nitrogen and oxygen atoms in total. The van der Waals surface area contributed by atoms with Crippen molar-refractivity contribution in [2.24, 2.45) is 4.99 Å². The molecule has 0 spiro atoms. The van der Waals surface area contributed by atoms with Gasteiger partial charge in [0.25, 0.3) is 0 Å².